The fraction of sp³-hybridized carbons (Fsp3) is 0.500. The standard InChI is InChI=1S/C12H14N2/c13-8-11-9-14-7-6-12(11)10-4-2-1-3-5-10/h6-7,9-10H,1-5H2. The van der Waals surface area contributed by atoms with Gasteiger partial charge < -0.3 is 0 Å². The highest BCUT2D eigenvalue weighted by Crippen LogP contribution is 2.33. The lowest BCUT2D eigenvalue weighted by atomic mass is 9.83. The molecule has 1 aliphatic rings. The van der Waals surface area contributed by atoms with E-state index in [0.717, 1.165) is 5.56 Å². The van der Waals surface area contributed by atoms with Crippen LogP contribution in [0.2, 0.25) is 0 Å². The van der Waals surface area contributed by atoms with Crippen LogP contribution >= 0.6 is 0 Å². The first kappa shape index (κ1) is 9.21. The molecule has 0 N–H and O–H groups in total. The average Bonchev–Trinajstić information content (AvgIpc) is 2.30. The summed E-state index contributed by atoms with van der Waals surface area (Å²) < 4.78 is 0. The molecule has 1 fully saturated rings. The second-order valence-corrected chi connectivity index (χ2v) is 3.91. The normalized spacial score (nSPS) is 17.6. The van der Waals surface area contributed by atoms with Crippen LogP contribution in [-0.4, -0.2) is 4.98 Å². The minimum atomic E-state index is 0.599. The van der Waals surface area contributed by atoms with Crippen LogP contribution in [0.1, 0.15) is 49.1 Å². The van der Waals surface area contributed by atoms with Gasteiger partial charge >= 0.3 is 0 Å². The van der Waals surface area contributed by atoms with E-state index >= 15 is 0 Å². The summed E-state index contributed by atoms with van der Waals surface area (Å²) in [6.07, 6.45) is 9.91. The molecule has 2 heteroatoms. The Bertz CT molecular complexity index is 346. The molecular weight excluding hydrogens is 172 g/mol. The summed E-state index contributed by atoms with van der Waals surface area (Å²) in [6, 6.07) is 4.24. The fourth-order valence-corrected chi connectivity index (χ4v) is 2.27. The first-order valence-corrected chi connectivity index (χ1v) is 5.26. The summed E-state index contributed by atoms with van der Waals surface area (Å²) in [5.41, 5.74) is 1.97. The van der Waals surface area contributed by atoms with Crippen LogP contribution in [0.3, 0.4) is 0 Å². The lowest BCUT2D eigenvalue weighted by Crippen LogP contribution is -2.06. The Balaban J connectivity index is 2.26. The number of nitrogens with zero attached hydrogens (tertiary/aromatic N) is 2. The number of hydrogen-bond acceptors (Lipinski definition) is 2. The van der Waals surface area contributed by atoms with Crippen molar-refractivity contribution in [1.82, 2.24) is 4.98 Å². The predicted octanol–water partition coefficient (Wildman–Crippen LogP) is 3.00. The first-order chi connectivity index (χ1) is 6.92. The van der Waals surface area contributed by atoms with Gasteiger partial charge in [-0.3, -0.25) is 4.98 Å². The molecule has 0 bridgehead atoms. The van der Waals surface area contributed by atoms with E-state index in [2.05, 4.69) is 11.1 Å². The summed E-state index contributed by atoms with van der Waals surface area (Å²) >= 11 is 0. The highest BCUT2D eigenvalue weighted by Gasteiger charge is 2.17. The average molecular weight is 186 g/mol. The van der Waals surface area contributed by atoms with Crippen LogP contribution < -0.4 is 0 Å². The van der Waals surface area contributed by atoms with Crippen LogP contribution in [0.25, 0.3) is 0 Å². The van der Waals surface area contributed by atoms with Crippen molar-refractivity contribution >= 4 is 0 Å². The van der Waals surface area contributed by atoms with E-state index in [1.165, 1.54) is 37.7 Å². The Kier molecular flexibility index (Phi) is 2.78. The molecule has 1 saturated carbocycles. The Labute approximate surface area is 84.6 Å². The van der Waals surface area contributed by atoms with Gasteiger partial charge in [-0.2, -0.15) is 5.26 Å². The van der Waals surface area contributed by atoms with E-state index in [1.54, 1.807) is 12.4 Å². The van der Waals surface area contributed by atoms with Gasteiger partial charge in [0.15, 0.2) is 0 Å². The van der Waals surface area contributed by atoms with Gasteiger partial charge in [-0.15, -0.1) is 0 Å². The van der Waals surface area contributed by atoms with Crippen LogP contribution in [-0.2, 0) is 0 Å². The largest absolute Gasteiger partial charge is 0.263 e. The number of hydrogen-bond donors (Lipinski definition) is 0. The van der Waals surface area contributed by atoms with Gasteiger partial charge in [0.25, 0.3) is 0 Å². The monoisotopic (exact) mass is 186 g/mol. The molecule has 0 amide bonds. The quantitative estimate of drug-likeness (QED) is 0.676. The summed E-state index contributed by atoms with van der Waals surface area (Å²) in [5, 5.41) is 8.96. The summed E-state index contributed by atoms with van der Waals surface area (Å²) in [5.74, 6) is 0.599. The van der Waals surface area contributed by atoms with Crippen molar-refractivity contribution in [2.24, 2.45) is 0 Å². The molecule has 1 aliphatic carbocycles. The fourth-order valence-electron chi connectivity index (χ4n) is 2.27. The molecule has 0 spiro atoms. The van der Waals surface area contributed by atoms with E-state index in [4.69, 9.17) is 5.26 Å². The maximum Gasteiger partial charge on any atom is 0.101 e. The van der Waals surface area contributed by atoms with Crippen LogP contribution in [0.5, 0.6) is 0 Å². The molecule has 1 aromatic heterocycles. The van der Waals surface area contributed by atoms with Gasteiger partial charge in [0.1, 0.15) is 6.07 Å². The van der Waals surface area contributed by atoms with E-state index in [1.807, 2.05) is 6.07 Å². The second-order valence-electron chi connectivity index (χ2n) is 3.91. The molecule has 0 unspecified atom stereocenters. The molecule has 0 radical (unpaired) electrons. The van der Waals surface area contributed by atoms with Gasteiger partial charge in [-0.05, 0) is 30.4 Å². The Morgan fingerprint density at radius 3 is 2.79 bits per heavy atom. The van der Waals surface area contributed by atoms with Crippen molar-refractivity contribution in [3.8, 4) is 6.07 Å². The van der Waals surface area contributed by atoms with E-state index < -0.39 is 0 Å². The first-order valence-electron chi connectivity index (χ1n) is 5.26. The molecule has 0 saturated heterocycles. The van der Waals surface area contributed by atoms with Gasteiger partial charge in [-0.1, -0.05) is 19.3 Å². The summed E-state index contributed by atoms with van der Waals surface area (Å²) in [7, 11) is 0. The minimum absolute atomic E-state index is 0.599. The molecule has 1 heterocycles. The zero-order valence-electron chi connectivity index (χ0n) is 8.24. The molecule has 0 aliphatic heterocycles. The molecule has 0 atom stereocenters. The molecule has 0 aromatic carbocycles. The van der Waals surface area contributed by atoms with Crippen LogP contribution in [0.4, 0.5) is 0 Å². The Hall–Kier alpha value is -1.36. The van der Waals surface area contributed by atoms with Crippen LogP contribution in [0, 0.1) is 11.3 Å². The van der Waals surface area contributed by atoms with Crippen molar-refractivity contribution in [3.05, 3.63) is 29.6 Å². The van der Waals surface area contributed by atoms with Crippen molar-refractivity contribution < 1.29 is 0 Å². The maximum absolute atomic E-state index is 8.96. The highest BCUT2D eigenvalue weighted by atomic mass is 14.6. The summed E-state index contributed by atoms with van der Waals surface area (Å²) in [6.45, 7) is 0. The number of aromatic nitrogens is 1. The highest BCUT2D eigenvalue weighted by molar-refractivity contribution is 5.37. The van der Waals surface area contributed by atoms with Crippen molar-refractivity contribution in [3.63, 3.8) is 0 Å². The molecule has 1 aromatic rings. The summed E-state index contributed by atoms with van der Waals surface area (Å²) in [4.78, 5) is 3.99. The van der Waals surface area contributed by atoms with Gasteiger partial charge in [0.05, 0.1) is 5.56 Å². The van der Waals surface area contributed by atoms with Gasteiger partial charge in [-0.25, -0.2) is 0 Å². The SMILES string of the molecule is N#Cc1cnccc1C1CCCCC1. The minimum Gasteiger partial charge on any atom is -0.263 e. The van der Waals surface area contributed by atoms with E-state index in [-0.39, 0.29) is 0 Å². The lowest BCUT2D eigenvalue weighted by Gasteiger charge is -2.22. The zero-order valence-corrected chi connectivity index (χ0v) is 8.24. The number of nitriles is 1. The van der Waals surface area contributed by atoms with Crippen molar-refractivity contribution in [1.29, 1.82) is 5.26 Å². The smallest absolute Gasteiger partial charge is 0.101 e. The second kappa shape index (κ2) is 4.23. The number of rotatable bonds is 1. The molecule has 2 nitrogen and oxygen atoms in total. The van der Waals surface area contributed by atoms with Gasteiger partial charge in [0.2, 0.25) is 0 Å². The predicted molar refractivity (Wildman–Crippen MR) is 54.8 cm³/mol. The van der Waals surface area contributed by atoms with E-state index in [9.17, 15) is 0 Å². The van der Waals surface area contributed by atoms with Crippen LogP contribution in [0.15, 0.2) is 18.5 Å². The third kappa shape index (κ3) is 1.77. The Morgan fingerprint density at radius 1 is 1.29 bits per heavy atom. The maximum atomic E-state index is 8.96. The number of pyridine rings is 1. The topological polar surface area (TPSA) is 36.7 Å². The molecule has 2 rings (SSSR count). The molecular formula is C12H14N2. The molecule has 14 heavy (non-hydrogen) atoms. The van der Waals surface area contributed by atoms with Crippen molar-refractivity contribution in [2.45, 2.75) is 38.0 Å². The van der Waals surface area contributed by atoms with Gasteiger partial charge in [0, 0.05) is 12.4 Å². The molecule has 72 valence electrons. The zero-order chi connectivity index (χ0) is 9.80. The Morgan fingerprint density at radius 2 is 2.07 bits per heavy atom. The third-order valence-electron chi connectivity index (χ3n) is 3.02. The van der Waals surface area contributed by atoms with E-state index in [0.29, 0.717) is 5.92 Å². The lowest BCUT2D eigenvalue weighted by molar-refractivity contribution is 0.443. The third-order valence-corrected chi connectivity index (χ3v) is 3.02. The van der Waals surface area contributed by atoms with Crippen molar-refractivity contribution in [2.75, 3.05) is 0 Å².